The summed E-state index contributed by atoms with van der Waals surface area (Å²) in [6.45, 7) is 5.88. The number of carbonyl (C=O) groups is 1. The molecule has 2 aromatic heterocycles. The molecule has 1 aromatic carbocycles. The highest BCUT2D eigenvalue weighted by molar-refractivity contribution is 7.98. The van der Waals surface area contributed by atoms with E-state index in [2.05, 4.69) is 39.4 Å². The number of fused-ring (bicyclic) bond motifs is 3. The Morgan fingerprint density at radius 2 is 2.03 bits per heavy atom. The van der Waals surface area contributed by atoms with Crippen LogP contribution in [0.2, 0.25) is 0 Å². The first-order chi connectivity index (χ1) is 15.7. The Morgan fingerprint density at radius 1 is 1.25 bits per heavy atom. The number of benzene rings is 1. The summed E-state index contributed by atoms with van der Waals surface area (Å²) >= 11 is 3.26. The van der Waals surface area contributed by atoms with Crippen molar-refractivity contribution in [3.8, 4) is 0 Å². The SMILES string of the molecule is COC(=O)C1CN(Cc2ccccc2)Cc2sc3nc(SC)nc(N4CCNCC4)c3c21. The first-order valence-electron chi connectivity index (χ1n) is 10.8. The van der Waals surface area contributed by atoms with Crippen molar-refractivity contribution in [3.05, 3.63) is 46.3 Å². The Balaban J connectivity index is 1.61. The van der Waals surface area contributed by atoms with Crippen LogP contribution in [0.3, 0.4) is 0 Å². The molecular formula is C23H27N5O2S2. The number of hydrogen-bond acceptors (Lipinski definition) is 9. The van der Waals surface area contributed by atoms with Crippen LogP contribution in [0.4, 0.5) is 5.82 Å². The van der Waals surface area contributed by atoms with E-state index in [1.165, 1.54) is 17.6 Å². The van der Waals surface area contributed by atoms with Crippen molar-refractivity contribution in [3.63, 3.8) is 0 Å². The highest BCUT2D eigenvalue weighted by Gasteiger charge is 2.37. The van der Waals surface area contributed by atoms with Gasteiger partial charge in [-0.2, -0.15) is 0 Å². The van der Waals surface area contributed by atoms with Crippen molar-refractivity contribution in [1.82, 2.24) is 20.2 Å². The third-order valence-electron chi connectivity index (χ3n) is 6.12. The Bertz CT molecular complexity index is 1110. The van der Waals surface area contributed by atoms with Gasteiger partial charge in [0.2, 0.25) is 0 Å². The average Bonchev–Trinajstić information content (AvgIpc) is 3.21. The first kappa shape index (κ1) is 21.6. The van der Waals surface area contributed by atoms with E-state index in [0.29, 0.717) is 6.54 Å². The number of ether oxygens (including phenoxy) is 1. The molecule has 32 heavy (non-hydrogen) atoms. The molecule has 0 amide bonds. The van der Waals surface area contributed by atoms with Crippen LogP contribution in [-0.2, 0) is 22.6 Å². The minimum absolute atomic E-state index is 0.191. The van der Waals surface area contributed by atoms with Crippen LogP contribution in [0.15, 0.2) is 35.5 Å². The third-order valence-corrected chi connectivity index (χ3v) is 7.75. The van der Waals surface area contributed by atoms with Gasteiger partial charge in [0, 0.05) is 50.7 Å². The fourth-order valence-electron chi connectivity index (χ4n) is 4.63. The Kier molecular flexibility index (Phi) is 6.32. The minimum atomic E-state index is -0.341. The first-order valence-corrected chi connectivity index (χ1v) is 12.9. The summed E-state index contributed by atoms with van der Waals surface area (Å²) in [5, 5.41) is 5.23. The van der Waals surface area contributed by atoms with E-state index in [1.807, 2.05) is 12.3 Å². The van der Waals surface area contributed by atoms with Gasteiger partial charge in [-0.3, -0.25) is 9.69 Å². The smallest absolute Gasteiger partial charge is 0.314 e. The number of thioether (sulfide) groups is 1. The molecule has 0 radical (unpaired) electrons. The quantitative estimate of drug-likeness (QED) is 0.347. The van der Waals surface area contributed by atoms with E-state index >= 15 is 0 Å². The lowest BCUT2D eigenvalue weighted by molar-refractivity contribution is -0.143. The average molecular weight is 470 g/mol. The summed E-state index contributed by atoms with van der Waals surface area (Å²) in [6, 6.07) is 10.4. The van der Waals surface area contributed by atoms with Gasteiger partial charge in [-0.05, 0) is 17.4 Å². The second kappa shape index (κ2) is 9.35. The van der Waals surface area contributed by atoms with Crippen molar-refractivity contribution in [2.24, 2.45) is 0 Å². The van der Waals surface area contributed by atoms with Gasteiger partial charge in [-0.25, -0.2) is 9.97 Å². The number of piperazine rings is 1. The summed E-state index contributed by atoms with van der Waals surface area (Å²) in [5.74, 6) is 0.430. The maximum Gasteiger partial charge on any atom is 0.314 e. The largest absolute Gasteiger partial charge is 0.469 e. The van der Waals surface area contributed by atoms with Gasteiger partial charge < -0.3 is 15.0 Å². The number of hydrogen-bond donors (Lipinski definition) is 1. The van der Waals surface area contributed by atoms with Gasteiger partial charge >= 0.3 is 5.97 Å². The molecule has 5 rings (SSSR count). The van der Waals surface area contributed by atoms with Crippen molar-refractivity contribution in [2.45, 2.75) is 24.2 Å². The third kappa shape index (κ3) is 4.10. The molecule has 1 unspecified atom stereocenters. The number of nitrogens with one attached hydrogen (secondary N) is 1. The number of rotatable bonds is 5. The molecule has 9 heteroatoms. The van der Waals surface area contributed by atoms with Gasteiger partial charge in [0.25, 0.3) is 0 Å². The van der Waals surface area contributed by atoms with Crippen LogP contribution in [-0.4, -0.2) is 66.9 Å². The minimum Gasteiger partial charge on any atom is -0.469 e. The predicted molar refractivity (Wildman–Crippen MR) is 130 cm³/mol. The summed E-state index contributed by atoms with van der Waals surface area (Å²) in [6.07, 6.45) is 2.01. The second-order valence-electron chi connectivity index (χ2n) is 8.12. The lowest BCUT2D eigenvalue weighted by Crippen LogP contribution is -2.44. The van der Waals surface area contributed by atoms with Crippen molar-refractivity contribution in [1.29, 1.82) is 0 Å². The van der Waals surface area contributed by atoms with Gasteiger partial charge in [0.1, 0.15) is 10.6 Å². The fraction of sp³-hybridized carbons (Fsp3) is 0.435. The van der Waals surface area contributed by atoms with Crippen LogP contribution < -0.4 is 10.2 Å². The predicted octanol–water partition coefficient (Wildman–Crippen LogP) is 3.10. The summed E-state index contributed by atoms with van der Waals surface area (Å²) < 4.78 is 5.26. The highest BCUT2D eigenvalue weighted by atomic mass is 32.2. The van der Waals surface area contributed by atoms with Gasteiger partial charge in [0.15, 0.2) is 5.16 Å². The molecular weight excluding hydrogens is 442 g/mol. The van der Waals surface area contributed by atoms with E-state index in [4.69, 9.17) is 14.7 Å². The van der Waals surface area contributed by atoms with E-state index in [9.17, 15) is 4.79 Å². The molecule has 2 aliphatic heterocycles. The maximum atomic E-state index is 13.0. The van der Waals surface area contributed by atoms with Gasteiger partial charge in [-0.15, -0.1) is 11.3 Å². The van der Waals surface area contributed by atoms with Gasteiger partial charge in [0.05, 0.1) is 18.4 Å². The molecule has 4 heterocycles. The van der Waals surface area contributed by atoms with Crippen molar-refractivity contribution < 1.29 is 9.53 Å². The zero-order chi connectivity index (χ0) is 22.1. The summed E-state index contributed by atoms with van der Waals surface area (Å²) in [7, 11) is 1.48. The molecule has 1 N–H and O–H groups in total. The molecule has 3 aromatic rings. The molecule has 1 saturated heterocycles. The monoisotopic (exact) mass is 469 g/mol. The van der Waals surface area contributed by atoms with Crippen LogP contribution in [0.1, 0.15) is 21.9 Å². The normalized spacial score (nSPS) is 19.2. The molecule has 0 saturated carbocycles. The topological polar surface area (TPSA) is 70.6 Å². The Hall–Kier alpha value is -2.20. The number of methoxy groups -OCH3 is 1. The molecule has 0 spiro atoms. The zero-order valence-electron chi connectivity index (χ0n) is 18.3. The molecule has 2 aliphatic rings. The molecule has 7 nitrogen and oxygen atoms in total. The van der Waals surface area contributed by atoms with Gasteiger partial charge in [-0.1, -0.05) is 42.1 Å². The number of anilines is 1. The molecule has 0 aliphatic carbocycles. The molecule has 1 atom stereocenters. The van der Waals surface area contributed by atoms with Crippen LogP contribution >= 0.6 is 23.1 Å². The maximum absolute atomic E-state index is 13.0. The van der Waals surface area contributed by atoms with Crippen LogP contribution in [0.25, 0.3) is 10.2 Å². The van der Waals surface area contributed by atoms with Crippen molar-refractivity contribution >= 4 is 45.1 Å². The number of esters is 1. The van der Waals surface area contributed by atoms with E-state index in [0.717, 1.165) is 66.0 Å². The van der Waals surface area contributed by atoms with E-state index < -0.39 is 0 Å². The number of aromatic nitrogens is 2. The van der Waals surface area contributed by atoms with E-state index in [1.54, 1.807) is 23.1 Å². The fourth-order valence-corrected chi connectivity index (χ4v) is 6.32. The Morgan fingerprint density at radius 3 is 2.75 bits per heavy atom. The lowest BCUT2D eigenvalue weighted by Gasteiger charge is -2.33. The zero-order valence-corrected chi connectivity index (χ0v) is 20.0. The Labute approximate surface area is 196 Å². The number of thiophene rings is 1. The molecule has 0 bridgehead atoms. The van der Waals surface area contributed by atoms with E-state index in [-0.39, 0.29) is 11.9 Å². The molecule has 1 fully saturated rings. The number of carbonyl (C=O) groups excluding carboxylic acids is 1. The lowest BCUT2D eigenvalue weighted by atomic mass is 9.92. The van der Waals surface area contributed by atoms with Crippen molar-refractivity contribution in [2.75, 3.05) is 51.0 Å². The summed E-state index contributed by atoms with van der Waals surface area (Å²) in [4.78, 5) is 29.6. The number of nitrogens with zero attached hydrogens (tertiary/aromatic N) is 4. The summed E-state index contributed by atoms with van der Waals surface area (Å²) in [5.41, 5.74) is 2.31. The van der Waals surface area contributed by atoms with Crippen LogP contribution in [0, 0.1) is 0 Å². The second-order valence-corrected chi connectivity index (χ2v) is 9.98. The van der Waals surface area contributed by atoms with Crippen LogP contribution in [0.5, 0.6) is 0 Å². The standard InChI is InChI=1S/C23H27N5O2S2/c1-30-22(29)16-13-27(12-15-6-4-3-5-7-15)14-17-18(16)19-20(28-10-8-24-9-11-28)25-23(31-2)26-21(19)32-17/h3-7,16,24H,8-14H2,1-2H3. The highest BCUT2D eigenvalue weighted by Crippen LogP contribution is 2.44. The molecule has 168 valence electrons.